The molecule has 136 valence electrons. The molecule has 0 aromatic rings. The standard InChI is InChI=1S/C21H28O4/c1-14-7-5-9-17(21(23)24-4)10-6-8-15(2)13-19-18(12-11-14)16(3)20(22)25-19/h7,10,13,18-19H,3,5-6,8-9,11-12H2,1-2,4H3/b14-7+,15-13+,17-10-/t18?,19-/m1/s1. The normalized spacial score (nSPS) is 32.0. The molecule has 0 amide bonds. The van der Waals surface area contributed by atoms with E-state index in [9.17, 15) is 9.59 Å². The molecule has 1 saturated heterocycles. The molecule has 25 heavy (non-hydrogen) atoms. The monoisotopic (exact) mass is 344 g/mol. The molecule has 0 aromatic heterocycles. The summed E-state index contributed by atoms with van der Waals surface area (Å²) in [5, 5.41) is 0. The van der Waals surface area contributed by atoms with Crippen LogP contribution in [0.3, 0.4) is 0 Å². The molecule has 2 atom stereocenters. The van der Waals surface area contributed by atoms with Crippen molar-refractivity contribution in [3.63, 3.8) is 0 Å². The first-order chi connectivity index (χ1) is 11.9. The van der Waals surface area contributed by atoms with Crippen molar-refractivity contribution >= 4 is 11.9 Å². The average molecular weight is 344 g/mol. The molecule has 1 fully saturated rings. The zero-order valence-corrected chi connectivity index (χ0v) is 15.5. The number of esters is 2. The highest BCUT2D eigenvalue weighted by Crippen LogP contribution is 2.33. The minimum atomic E-state index is -0.280. The second kappa shape index (κ2) is 8.84. The van der Waals surface area contributed by atoms with E-state index in [1.165, 1.54) is 12.7 Å². The molecule has 0 saturated carbocycles. The number of hydrogen-bond donors (Lipinski definition) is 0. The number of fused-ring (bicyclic) bond motifs is 1. The molecule has 4 nitrogen and oxygen atoms in total. The number of carbonyl (C=O) groups is 2. The SMILES string of the molecule is C=C1C(=O)O[C@@H]2/C=C(\C)CC/C=C(\C(=O)OC)CC/C=C(\C)CCC12. The fourth-order valence-electron chi connectivity index (χ4n) is 3.34. The molecular weight excluding hydrogens is 316 g/mol. The summed E-state index contributed by atoms with van der Waals surface area (Å²) in [5.74, 6) is -0.478. The lowest BCUT2D eigenvalue weighted by Gasteiger charge is -2.16. The first-order valence-corrected chi connectivity index (χ1v) is 8.92. The fraction of sp³-hybridized carbons (Fsp3) is 0.524. The van der Waals surface area contributed by atoms with Crippen molar-refractivity contribution in [3.05, 3.63) is 47.1 Å². The van der Waals surface area contributed by atoms with Crippen molar-refractivity contribution < 1.29 is 19.1 Å². The zero-order valence-electron chi connectivity index (χ0n) is 15.5. The summed E-state index contributed by atoms with van der Waals surface area (Å²) in [7, 11) is 1.42. The van der Waals surface area contributed by atoms with E-state index in [1.54, 1.807) is 0 Å². The van der Waals surface area contributed by atoms with Gasteiger partial charge in [0.25, 0.3) is 0 Å². The Balaban J connectivity index is 2.23. The summed E-state index contributed by atoms with van der Waals surface area (Å²) >= 11 is 0. The highest BCUT2D eigenvalue weighted by Gasteiger charge is 2.36. The lowest BCUT2D eigenvalue weighted by atomic mass is 9.89. The third-order valence-electron chi connectivity index (χ3n) is 4.93. The molecular formula is C21H28O4. The van der Waals surface area contributed by atoms with Gasteiger partial charge >= 0.3 is 11.9 Å². The lowest BCUT2D eigenvalue weighted by molar-refractivity contribution is -0.138. The van der Waals surface area contributed by atoms with Crippen molar-refractivity contribution in [2.45, 2.75) is 58.5 Å². The summed E-state index contributed by atoms with van der Waals surface area (Å²) < 4.78 is 10.4. The van der Waals surface area contributed by atoms with E-state index in [2.05, 4.69) is 19.6 Å². The number of hydrogen-bond acceptors (Lipinski definition) is 4. The van der Waals surface area contributed by atoms with Crippen LogP contribution < -0.4 is 0 Å². The lowest BCUT2D eigenvalue weighted by Crippen LogP contribution is -2.15. The topological polar surface area (TPSA) is 52.6 Å². The third kappa shape index (κ3) is 5.18. The second-order valence-electron chi connectivity index (χ2n) is 6.90. The van der Waals surface area contributed by atoms with Crippen molar-refractivity contribution in [1.82, 2.24) is 0 Å². The number of rotatable bonds is 1. The van der Waals surface area contributed by atoms with Gasteiger partial charge in [0.05, 0.1) is 7.11 Å². The molecule has 0 aromatic carbocycles. The molecule has 1 heterocycles. The van der Waals surface area contributed by atoms with Crippen LogP contribution in [0.2, 0.25) is 0 Å². The van der Waals surface area contributed by atoms with Gasteiger partial charge in [-0.05, 0) is 58.4 Å². The Morgan fingerprint density at radius 2 is 1.88 bits per heavy atom. The third-order valence-corrected chi connectivity index (χ3v) is 4.93. The Labute approximate surface area is 150 Å². The number of methoxy groups -OCH3 is 1. The number of allylic oxidation sites excluding steroid dienone is 4. The van der Waals surface area contributed by atoms with E-state index < -0.39 is 0 Å². The van der Waals surface area contributed by atoms with Gasteiger partial charge in [0.1, 0.15) is 6.10 Å². The Morgan fingerprint density at radius 3 is 2.60 bits per heavy atom. The largest absolute Gasteiger partial charge is 0.466 e. The average Bonchev–Trinajstić information content (AvgIpc) is 2.84. The first-order valence-electron chi connectivity index (χ1n) is 8.92. The maximum Gasteiger partial charge on any atom is 0.334 e. The van der Waals surface area contributed by atoms with Crippen molar-refractivity contribution in [2.24, 2.45) is 5.92 Å². The van der Waals surface area contributed by atoms with Crippen LogP contribution in [0.1, 0.15) is 52.4 Å². The highest BCUT2D eigenvalue weighted by atomic mass is 16.6. The minimum absolute atomic E-state index is 0.0508. The van der Waals surface area contributed by atoms with Gasteiger partial charge in [0.15, 0.2) is 0 Å². The molecule has 0 bridgehead atoms. The molecule has 1 aliphatic heterocycles. The van der Waals surface area contributed by atoms with Crippen LogP contribution >= 0.6 is 0 Å². The predicted molar refractivity (Wildman–Crippen MR) is 97.8 cm³/mol. The van der Waals surface area contributed by atoms with Crippen LogP contribution in [0, 0.1) is 5.92 Å². The van der Waals surface area contributed by atoms with E-state index in [4.69, 9.17) is 9.47 Å². The van der Waals surface area contributed by atoms with E-state index in [0.29, 0.717) is 12.0 Å². The maximum atomic E-state index is 11.9. The van der Waals surface area contributed by atoms with Crippen LogP contribution in [0.15, 0.2) is 47.1 Å². The van der Waals surface area contributed by atoms with Gasteiger partial charge in [-0.25, -0.2) is 9.59 Å². The van der Waals surface area contributed by atoms with E-state index in [0.717, 1.165) is 43.3 Å². The van der Waals surface area contributed by atoms with Gasteiger partial charge in [-0.15, -0.1) is 0 Å². The zero-order chi connectivity index (χ0) is 18.4. The van der Waals surface area contributed by atoms with Gasteiger partial charge < -0.3 is 9.47 Å². The first kappa shape index (κ1) is 19.2. The summed E-state index contributed by atoms with van der Waals surface area (Å²) in [6.07, 6.45) is 10.8. The van der Waals surface area contributed by atoms with Crippen LogP contribution in [-0.2, 0) is 19.1 Å². The van der Waals surface area contributed by atoms with Gasteiger partial charge in [-0.1, -0.05) is 29.9 Å². The molecule has 4 heteroatoms. The summed E-state index contributed by atoms with van der Waals surface area (Å²) in [4.78, 5) is 23.8. The van der Waals surface area contributed by atoms with Crippen LogP contribution in [0.5, 0.6) is 0 Å². The molecule has 1 unspecified atom stereocenters. The van der Waals surface area contributed by atoms with Crippen molar-refractivity contribution in [1.29, 1.82) is 0 Å². The van der Waals surface area contributed by atoms with Crippen LogP contribution in [0.4, 0.5) is 0 Å². The highest BCUT2D eigenvalue weighted by molar-refractivity contribution is 5.91. The van der Waals surface area contributed by atoms with Crippen molar-refractivity contribution in [2.75, 3.05) is 7.11 Å². The molecule has 2 rings (SSSR count). The summed E-state index contributed by atoms with van der Waals surface area (Å²) in [5.41, 5.74) is 3.73. The summed E-state index contributed by atoms with van der Waals surface area (Å²) in [6.45, 7) is 8.05. The predicted octanol–water partition coefficient (Wildman–Crippen LogP) is 4.43. The van der Waals surface area contributed by atoms with E-state index >= 15 is 0 Å². The Morgan fingerprint density at radius 1 is 1.16 bits per heavy atom. The molecule has 1 aliphatic carbocycles. The van der Waals surface area contributed by atoms with Gasteiger partial charge in [0.2, 0.25) is 0 Å². The molecule has 2 aliphatic rings. The van der Waals surface area contributed by atoms with E-state index in [1.807, 2.05) is 19.1 Å². The van der Waals surface area contributed by atoms with E-state index in [-0.39, 0.29) is 24.0 Å². The maximum absolute atomic E-state index is 11.9. The molecule has 0 spiro atoms. The number of carbonyl (C=O) groups excluding carboxylic acids is 2. The van der Waals surface area contributed by atoms with Gasteiger partial charge in [-0.3, -0.25) is 0 Å². The quantitative estimate of drug-likeness (QED) is 0.401. The van der Waals surface area contributed by atoms with Crippen molar-refractivity contribution in [3.8, 4) is 0 Å². The second-order valence-corrected chi connectivity index (χ2v) is 6.90. The Kier molecular flexibility index (Phi) is 6.80. The fourth-order valence-corrected chi connectivity index (χ4v) is 3.34. The minimum Gasteiger partial charge on any atom is -0.466 e. The van der Waals surface area contributed by atoms with Gasteiger partial charge in [0, 0.05) is 17.1 Å². The number of ether oxygens (including phenoxy) is 2. The molecule has 0 radical (unpaired) electrons. The Bertz CT molecular complexity index is 636. The van der Waals surface area contributed by atoms with Gasteiger partial charge in [-0.2, -0.15) is 0 Å². The van der Waals surface area contributed by atoms with Crippen LogP contribution in [-0.4, -0.2) is 25.2 Å². The Hall–Kier alpha value is -2.10. The van der Waals surface area contributed by atoms with Crippen LogP contribution in [0.25, 0.3) is 0 Å². The molecule has 0 N–H and O–H groups in total. The smallest absolute Gasteiger partial charge is 0.334 e. The summed E-state index contributed by atoms with van der Waals surface area (Å²) in [6, 6.07) is 0.